The van der Waals surface area contributed by atoms with E-state index < -0.39 is 0 Å². The van der Waals surface area contributed by atoms with Crippen LogP contribution in [0.2, 0.25) is 0 Å². The third-order valence-electron chi connectivity index (χ3n) is 1.68. The maximum Gasteiger partial charge on any atom is 0.302 e. The van der Waals surface area contributed by atoms with E-state index in [-0.39, 0.29) is 12.6 Å². The smallest absolute Gasteiger partial charge is 0.302 e. The zero-order valence-electron chi connectivity index (χ0n) is 10.8. The summed E-state index contributed by atoms with van der Waals surface area (Å²) < 4.78 is 9.62. The Morgan fingerprint density at radius 1 is 1.06 bits per heavy atom. The van der Waals surface area contributed by atoms with Crippen molar-refractivity contribution in [2.45, 2.75) is 46.5 Å². The summed E-state index contributed by atoms with van der Waals surface area (Å²) in [6, 6.07) is 0. The van der Waals surface area contributed by atoms with E-state index in [0.29, 0.717) is 13.2 Å². The van der Waals surface area contributed by atoms with Gasteiger partial charge in [0.1, 0.15) is 0 Å². The van der Waals surface area contributed by atoms with Crippen LogP contribution in [-0.4, -0.2) is 37.5 Å². The quantitative estimate of drug-likeness (QED) is 0.516. The lowest BCUT2D eigenvalue weighted by atomic mass is 10.4. The summed E-state index contributed by atoms with van der Waals surface area (Å²) >= 11 is 0. The molecule has 0 aromatic carbocycles. The molecule has 0 bridgehead atoms. The maximum atomic E-state index is 10.1. The molecule has 0 rings (SSSR count). The van der Waals surface area contributed by atoms with Gasteiger partial charge in [-0.05, 0) is 12.8 Å². The largest absolute Gasteiger partial charge is 0.466 e. The van der Waals surface area contributed by atoms with Gasteiger partial charge in [0.05, 0.1) is 19.8 Å². The van der Waals surface area contributed by atoms with Crippen LogP contribution in [0, 0.1) is 0 Å². The van der Waals surface area contributed by atoms with Gasteiger partial charge in [0.15, 0.2) is 0 Å². The van der Waals surface area contributed by atoms with E-state index in [1.165, 1.54) is 6.92 Å². The van der Waals surface area contributed by atoms with Crippen LogP contribution in [0.1, 0.15) is 46.5 Å². The molecular weight excluding hydrogens is 208 g/mol. The molecule has 0 aliphatic heterocycles. The van der Waals surface area contributed by atoms with Gasteiger partial charge >= 0.3 is 5.97 Å². The van der Waals surface area contributed by atoms with Gasteiger partial charge in [-0.15, -0.1) is 0 Å². The van der Waals surface area contributed by atoms with E-state index in [9.17, 15) is 4.79 Å². The molecule has 0 saturated carbocycles. The van der Waals surface area contributed by atoms with Crippen LogP contribution < -0.4 is 0 Å². The Balaban J connectivity index is 0. The van der Waals surface area contributed by atoms with E-state index in [2.05, 4.69) is 18.6 Å². The summed E-state index contributed by atoms with van der Waals surface area (Å²) in [5.74, 6) is -0.182. The molecule has 0 amide bonds. The van der Waals surface area contributed by atoms with E-state index in [4.69, 9.17) is 9.84 Å². The summed E-state index contributed by atoms with van der Waals surface area (Å²) in [6.45, 7) is 7.59. The predicted molar refractivity (Wildman–Crippen MR) is 64.4 cm³/mol. The van der Waals surface area contributed by atoms with Gasteiger partial charge in [-0.25, -0.2) is 0 Å². The van der Waals surface area contributed by atoms with Gasteiger partial charge in [0.2, 0.25) is 0 Å². The molecule has 0 aliphatic rings. The minimum absolute atomic E-state index is 0.143. The summed E-state index contributed by atoms with van der Waals surface area (Å²) in [7, 11) is 0. The fraction of sp³-hybridized carbons (Fsp3) is 0.917. The van der Waals surface area contributed by atoms with Crippen LogP contribution in [0.3, 0.4) is 0 Å². The monoisotopic (exact) mass is 234 g/mol. The second-order valence-electron chi connectivity index (χ2n) is 3.38. The number of aliphatic hydroxyl groups excluding tert-OH is 1. The average Bonchev–Trinajstić information content (AvgIpc) is 2.25. The Kier molecular flexibility index (Phi) is 18.7. The lowest BCUT2D eigenvalue weighted by molar-refractivity contribution is -0.141. The highest BCUT2D eigenvalue weighted by Gasteiger charge is 1.88. The molecule has 0 heterocycles. The third kappa shape index (κ3) is 23.3. The zero-order valence-corrected chi connectivity index (χ0v) is 10.8. The predicted octanol–water partition coefficient (Wildman–Crippen LogP) is 2.15. The summed E-state index contributed by atoms with van der Waals surface area (Å²) in [4.78, 5) is 10.1. The Bertz CT molecular complexity index is 131. The molecule has 0 fully saturated rings. The van der Waals surface area contributed by atoms with Gasteiger partial charge in [-0.2, -0.15) is 0 Å². The van der Waals surface area contributed by atoms with Crippen molar-refractivity contribution < 1.29 is 19.4 Å². The third-order valence-corrected chi connectivity index (χ3v) is 1.68. The normalized spacial score (nSPS) is 9.25. The van der Waals surface area contributed by atoms with Crippen LogP contribution in [0.15, 0.2) is 0 Å². The van der Waals surface area contributed by atoms with E-state index in [1.807, 2.05) is 0 Å². The van der Waals surface area contributed by atoms with Gasteiger partial charge in [-0.3, -0.25) is 4.79 Å². The molecule has 0 spiro atoms. The number of ether oxygens (including phenoxy) is 2. The molecule has 0 atom stereocenters. The zero-order chi connectivity index (χ0) is 12.6. The number of unbranched alkanes of at least 4 members (excludes halogenated alkanes) is 2. The number of hydrogen-bond donors (Lipinski definition) is 1. The molecule has 0 aliphatic carbocycles. The van der Waals surface area contributed by atoms with Crippen molar-refractivity contribution in [3.63, 3.8) is 0 Å². The Hall–Kier alpha value is -0.610. The van der Waals surface area contributed by atoms with Crippen molar-refractivity contribution in [2.24, 2.45) is 0 Å². The van der Waals surface area contributed by atoms with Gasteiger partial charge in [0, 0.05) is 13.5 Å². The van der Waals surface area contributed by atoms with Crippen molar-refractivity contribution in [3.05, 3.63) is 0 Å². The van der Waals surface area contributed by atoms with Crippen LogP contribution >= 0.6 is 0 Å². The number of hydrogen-bond acceptors (Lipinski definition) is 4. The van der Waals surface area contributed by atoms with Crippen molar-refractivity contribution in [1.29, 1.82) is 0 Å². The first-order valence-corrected chi connectivity index (χ1v) is 6.00. The van der Waals surface area contributed by atoms with Gasteiger partial charge in [0.25, 0.3) is 0 Å². The molecular formula is C12H26O4. The van der Waals surface area contributed by atoms with Crippen molar-refractivity contribution in [1.82, 2.24) is 0 Å². The summed E-state index contributed by atoms with van der Waals surface area (Å²) in [5.41, 5.74) is 0. The standard InChI is InChI=1S/C6H12O2.C6H14O2/c1-3-4-5-8-6(2)7;1-2-3-5-8-6-4-7/h3-5H2,1-2H3;7H,2-6H2,1H3. The highest BCUT2D eigenvalue weighted by molar-refractivity contribution is 5.65. The van der Waals surface area contributed by atoms with Crippen LogP contribution in [0.5, 0.6) is 0 Å². The second-order valence-corrected chi connectivity index (χ2v) is 3.38. The highest BCUT2D eigenvalue weighted by atomic mass is 16.5. The number of aliphatic hydroxyl groups is 1. The minimum Gasteiger partial charge on any atom is -0.466 e. The lowest BCUT2D eigenvalue weighted by Crippen LogP contribution is -1.99. The molecule has 4 heteroatoms. The van der Waals surface area contributed by atoms with Crippen molar-refractivity contribution in [2.75, 3.05) is 26.4 Å². The van der Waals surface area contributed by atoms with Crippen molar-refractivity contribution in [3.8, 4) is 0 Å². The lowest BCUT2D eigenvalue weighted by Gasteiger charge is -1.97. The number of rotatable bonds is 8. The SMILES string of the molecule is CCCCOC(C)=O.CCCCOCCO. The summed E-state index contributed by atoms with van der Waals surface area (Å²) in [5, 5.41) is 8.24. The molecule has 0 aromatic heterocycles. The van der Waals surface area contributed by atoms with Crippen LogP contribution in [-0.2, 0) is 14.3 Å². The minimum atomic E-state index is -0.182. The van der Waals surface area contributed by atoms with Crippen LogP contribution in [0.4, 0.5) is 0 Å². The van der Waals surface area contributed by atoms with Crippen LogP contribution in [0.25, 0.3) is 0 Å². The maximum absolute atomic E-state index is 10.1. The molecule has 0 unspecified atom stereocenters. The van der Waals surface area contributed by atoms with Gasteiger partial charge < -0.3 is 14.6 Å². The van der Waals surface area contributed by atoms with Gasteiger partial charge in [-0.1, -0.05) is 26.7 Å². The van der Waals surface area contributed by atoms with E-state index >= 15 is 0 Å². The number of carbonyl (C=O) groups is 1. The first-order chi connectivity index (χ1) is 7.68. The fourth-order valence-electron chi connectivity index (χ4n) is 0.773. The Labute approximate surface area is 98.9 Å². The van der Waals surface area contributed by atoms with E-state index in [1.54, 1.807) is 0 Å². The molecule has 16 heavy (non-hydrogen) atoms. The van der Waals surface area contributed by atoms with Crippen molar-refractivity contribution >= 4 is 5.97 Å². The highest BCUT2D eigenvalue weighted by Crippen LogP contribution is 1.87. The average molecular weight is 234 g/mol. The number of carbonyl (C=O) groups excluding carboxylic acids is 1. The molecule has 0 saturated heterocycles. The molecule has 98 valence electrons. The Morgan fingerprint density at radius 2 is 1.62 bits per heavy atom. The number of esters is 1. The summed E-state index contributed by atoms with van der Waals surface area (Å²) in [6.07, 6.45) is 4.30. The first-order valence-electron chi connectivity index (χ1n) is 6.00. The topological polar surface area (TPSA) is 55.8 Å². The first kappa shape index (κ1) is 17.8. The Morgan fingerprint density at radius 3 is 2.06 bits per heavy atom. The second kappa shape index (κ2) is 16.8. The van der Waals surface area contributed by atoms with E-state index in [0.717, 1.165) is 32.3 Å². The molecule has 1 N–H and O–H groups in total. The molecule has 0 aromatic rings. The fourth-order valence-corrected chi connectivity index (χ4v) is 0.773. The molecule has 4 nitrogen and oxygen atoms in total. The molecule has 0 radical (unpaired) electrons.